The highest BCUT2D eigenvalue weighted by molar-refractivity contribution is 6.31. The third-order valence-electron chi connectivity index (χ3n) is 3.57. The minimum absolute atomic E-state index is 0.282. The van der Waals surface area contributed by atoms with Crippen LogP contribution in [0.5, 0.6) is 0 Å². The van der Waals surface area contributed by atoms with E-state index in [2.05, 4.69) is 15.6 Å². The van der Waals surface area contributed by atoms with Crippen LogP contribution in [-0.4, -0.2) is 10.9 Å². The Balaban J connectivity index is 1.78. The lowest BCUT2D eigenvalue weighted by atomic mass is 10.2. The van der Waals surface area contributed by atoms with Gasteiger partial charge in [-0.05, 0) is 55.0 Å². The van der Waals surface area contributed by atoms with Gasteiger partial charge in [-0.15, -0.1) is 0 Å². The predicted molar refractivity (Wildman–Crippen MR) is 98.1 cm³/mol. The van der Waals surface area contributed by atoms with Crippen molar-refractivity contribution in [2.24, 2.45) is 0 Å². The van der Waals surface area contributed by atoms with E-state index in [1.807, 2.05) is 13.0 Å². The van der Waals surface area contributed by atoms with E-state index >= 15 is 0 Å². The first-order chi connectivity index (χ1) is 12.0. The number of carbonyl (C=O) groups is 1. The number of hydrogen-bond donors (Lipinski definition) is 2. The van der Waals surface area contributed by atoms with Crippen molar-refractivity contribution in [2.45, 2.75) is 6.92 Å². The number of aromatic nitrogens is 1. The Morgan fingerprint density at radius 2 is 1.96 bits per heavy atom. The number of hydrogen-bond acceptors (Lipinski definition) is 3. The van der Waals surface area contributed by atoms with E-state index in [4.69, 9.17) is 11.6 Å². The lowest BCUT2D eigenvalue weighted by Gasteiger charge is -2.10. The zero-order valence-electron chi connectivity index (χ0n) is 13.4. The zero-order valence-corrected chi connectivity index (χ0v) is 14.1. The number of rotatable bonds is 4. The predicted octanol–water partition coefficient (Wildman–Crippen LogP) is 5.18. The van der Waals surface area contributed by atoms with Crippen LogP contribution in [0, 0.1) is 12.7 Å². The van der Waals surface area contributed by atoms with Gasteiger partial charge in [0.15, 0.2) is 0 Å². The molecule has 2 aromatic carbocycles. The van der Waals surface area contributed by atoms with Crippen molar-refractivity contribution in [3.05, 3.63) is 82.8 Å². The van der Waals surface area contributed by atoms with Gasteiger partial charge in [0, 0.05) is 28.2 Å². The molecule has 0 spiro atoms. The Hall–Kier alpha value is -2.92. The van der Waals surface area contributed by atoms with E-state index < -0.39 is 0 Å². The van der Waals surface area contributed by atoms with Gasteiger partial charge < -0.3 is 10.6 Å². The molecular weight excluding hydrogens is 341 g/mol. The van der Waals surface area contributed by atoms with Gasteiger partial charge in [-0.2, -0.15) is 0 Å². The first kappa shape index (κ1) is 16.9. The van der Waals surface area contributed by atoms with Gasteiger partial charge in [0.05, 0.1) is 0 Å². The molecule has 3 aromatic rings. The van der Waals surface area contributed by atoms with Gasteiger partial charge in [-0.1, -0.05) is 23.7 Å². The Labute approximate surface area is 149 Å². The summed E-state index contributed by atoms with van der Waals surface area (Å²) in [5.74, 6) is -0.188. The van der Waals surface area contributed by atoms with E-state index in [1.54, 1.807) is 36.4 Å². The van der Waals surface area contributed by atoms with E-state index in [9.17, 15) is 9.18 Å². The summed E-state index contributed by atoms with van der Waals surface area (Å²) in [7, 11) is 0. The van der Waals surface area contributed by atoms with Gasteiger partial charge in [0.2, 0.25) is 0 Å². The van der Waals surface area contributed by atoms with E-state index in [1.165, 1.54) is 18.3 Å². The second-order valence-electron chi connectivity index (χ2n) is 5.48. The number of nitrogens with one attached hydrogen (secondary N) is 2. The summed E-state index contributed by atoms with van der Waals surface area (Å²) in [6.07, 6.45) is 1.52. The fourth-order valence-corrected chi connectivity index (χ4v) is 2.45. The van der Waals surface area contributed by atoms with Crippen LogP contribution >= 0.6 is 11.6 Å². The lowest BCUT2D eigenvalue weighted by Crippen LogP contribution is -2.13. The Morgan fingerprint density at radius 3 is 2.76 bits per heavy atom. The summed E-state index contributed by atoms with van der Waals surface area (Å²) in [6.45, 7) is 1.88. The van der Waals surface area contributed by atoms with Gasteiger partial charge in [0.25, 0.3) is 5.91 Å². The maximum absolute atomic E-state index is 13.3. The first-order valence-corrected chi connectivity index (χ1v) is 7.95. The SMILES string of the molecule is Cc1ccc(Cl)cc1NC(=O)c1ccnc(Nc2cccc(F)c2)c1. The summed E-state index contributed by atoms with van der Waals surface area (Å²) in [5, 5.41) is 6.35. The van der Waals surface area contributed by atoms with Crippen LogP contribution in [0.25, 0.3) is 0 Å². The Morgan fingerprint density at radius 1 is 1.12 bits per heavy atom. The smallest absolute Gasteiger partial charge is 0.255 e. The fourth-order valence-electron chi connectivity index (χ4n) is 2.28. The third-order valence-corrected chi connectivity index (χ3v) is 3.80. The maximum Gasteiger partial charge on any atom is 0.255 e. The van der Waals surface area contributed by atoms with Crippen molar-refractivity contribution in [1.29, 1.82) is 0 Å². The number of benzene rings is 2. The molecule has 0 aliphatic heterocycles. The molecule has 0 aliphatic rings. The number of pyridine rings is 1. The van der Waals surface area contributed by atoms with Crippen LogP contribution < -0.4 is 10.6 Å². The Kier molecular flexibility index (Phi) is 4.95. The molecule has 4 nitrogen and oxygen atoms in total. The summed E-state index contributed by atoms with van der Waals surface area (Å²) in [4.78, 5) is 16.6. The fraction of sp³-hybridized carbons (Fsp3) is 0.0526. The van der Waals surface area contributed by atoms with Crippen molar-refractivity contribution in [1.82, 2.24) is 4.98 Å². The Bertz CT molecular complexity index is 930. The molecule has 126 valence electrons. The number of amides is 1. The average Bonchev–Trinajstić information content (AvgIpc) is 2.58. The van der Waals surface area contributed by atoms with Crippen LogP contribution in [0.15, 0.2) is 60.8 Å². The quantitative estimate of drug-likeness (QED) is 0.678. The molecule has 1 heterocycles. The zero-order chi connectivity index (χ0) is 17.8. The van der Waals surface area contributed by atoms with Crippen LogP contribution in [0.1, 0.15) is 15.9 Å². The van der Waals surface area contributed by atoms with Gasteiger partial charge in [-0.25, -0.2) is 9.37 Å². The molecule has 2 N–H and O–H groups in total. The minimum atomic E-state index is -0.352. The van der Waals surface area contributed by atoms with E-state index in [0.29, 0.717) is 27.8 Å². The van der Waals surface area contributed by atoms with Crippen molar-refractivity contribution >= 4 is 34.7 Å². The highest BCUT2D eigenvalue weighted by Crippen LogP contribution is 2.22. The molecule has 0 unspecified atom stereocenters. The maximum atomic E-state index is 13.3. The molecule has 0 radical (unpaired) electrons. The standard InChI is InChI=1S/C19H15ClFN3O/c1-12-5-6-14(20)10-17(12)24-19(25)13-7-8-22-18(9-13)23-16-4-2-3-15(21)11-16/h2-11H,1H3,(H,22,23)(H,24,25). The van der Waals surface area contributed by atoms with Crippen molar-refractivity contribution in [3.63, 3.8) is 0 Å². The molecular formula is C19H15ClFN3O. The van der Waals surface area contributed by atoms with Crippen LogP contribution in [0.3, 0.4) is 0 Å². The van der Waals surface area contributed by atoms with Crippen LogP contribution in [0.4, 0.5) is 21.6 Å². The molecule has 3 rings (SSSR count). The molecule has 0 bridgehead atoms. The molecule has 6 heteroatoms. The molecule has 25 heavy (non-hydrogen) atoms. The lowest BCUT2D eigenvalue weighted by molar-refractivity contribution is 0.102. The number of halogens is 2. The topological polar surface area (TPSA) is 54.0 Å². The molecule has 0 atom stereocenters. The third kappa shape index (κ3) is 4.33. The number of anilines is 3. The highest BCUT2D eigenvalue weighted by atomic mass is 35.5. The summed E-state index contributed by atoms with van der Waals surface area (Å²) >= 11 is 5.97. The second-order valence-corrected chi connectivity index (χ2v) is 5.91. The minimum Gasteiger partial charge on any atom is -0.340 e. The normalized spacial score (nSPS) is 10.4. The van der Waals surface area contributed by atoms with Crippen LogP contribution in [-0.2, 0) is 0 Å². The molecule has 0 aliphatic carbocycles. The molecule has 1 amide bonds. The molecule has 0 saturated heterocycles. The second kappa shape index (κ2) is 7.32. The van der Waals surface area contributed by atoms with Gasteiger partial charge in [0.1, 0.15) is 11.6 Å². The highest BCUT2D eigenvalue weighted by Gasteiger charge is 2.10. The van der Waals surface area contributed by atoms with Gasteiger partial charge in [-0.3, -0.25) is 4.79 Å². The number of carbonyl (C=O) groups excluding carboxylic acids is 1. The van der Waals surface area contributed by atoms with Crippen LogP contribution in [0.2, 0.25) is 5.02 Å². The van der Waals surface area contributed by atoms with Crippen molar-refractivity contribution in [2.75, 3.05) is 10.6 Å². The summed E-state index contributed by atoms with van der Waals surface area (Å²) in [6, 6.07) is 14.5. The monoisotopic (exact) mass is 355 g/mol. The largest absolute Gasteiger partial charge is 0.340 e. The summed E-state index contributed by atoms with van der Waals surface area (Å²) in [5.41, 5.74) is 2.53. The first-order valence-electron chi connectivity index (χ1n) is 7.57. The van der Waals surface area contributed by atoms with Gasteiger partial charge >= 0.3 is 0 Å². The van der Waals surface area contributed by atoms with E-state index in [0.717, 1.165) is 5.56 Å². The average molecular weight is 356 g/mol. The molecule has 1 aromatic heterocycles. The van der Waals surface area contributed by atoms with E-state index in [-0.39, 0.29) is 11.7 Å². The summed E-state index contributed by atoms with van der Waals surface area (Å²) < 4.78 is 13.3. The number of aryl methyl sites for hydroxylation is 1. The van der Waals surface area contributed by atoms with Crippen molar-refractivity contribution < 1.29 is 9.18 Å². The van der Waals surface area contributed by atoms with Crippen molar-refractivity contribution in [3.8, 4) is 0 Å². The number of nitrogens with zero attached hydrogens (tertiary/aromatic N) is 1. The molecule has 0 saturated carbocycles. The molecule has 0 fully saturated rings.